The van der Waals surface area contributed by atoms with Crippen LogP contribution >= 0.6 is 15.9 Å². The van der Waals surface area contributed by atoms with E-state index in [2.05, 4.69) is 26.4 Å². The third-order valence-corrected chi connectivity index (χ3v) is 3.22. The minimum absolute atomic E-state index is 0.300. The zero-order valence-corrected chi connectivity index (χ0v) is 11.3. The van der Waals surface area contributed by atoms with E-state index in [0.717, 1.165) is 5.56 Å². The molecule has 2 aromatic rings. The Balaban J connectivity index is 2.25. The van der Waals surface area contributed by atoms with E-state index in [9.17, 15) is 9.18 Å². The molecule has 0 aliphatic heterocycles. The predicted molar refractivity (Wildman–Crippen MR) is 68.0 cm³/mol. The van der Waals surface area contributed by atoms with Crippen LogP contribution in [0.15, 0.2) is 27.2 Å². The second kappa shape index (κ2) is 4.89. The van der Waals surface area contributed by atoms with E-state index in [1.54, 1.807) is 13.8 Å². The highest BCUT2D eigenvalue weighted by atomic mass is 79.9. The van der Waals surface area contributed by atoms with Gasteiger partial charge in [-0.3, -0.25) is 10.1 Å². The van der Waals surface area contributed by atoms with Crippen LogP contribution in [0.3, 0.4) is 0 Å². The van der Waals surface area contributed by atoms with Gasteiger partial charge in [-0.1, -0.05) is 5.16 Å². The van der Waals surface area contributed by atoms with Crippen molar-refractivity contribution in [2.24, 2.45) is 0 Å². The fourth-order valence-corrected chi connectivity index (χ4v) is 1.91. The predicted octanol–water partition coefficient (Wildman–Crippen LogP) is 3.45. The van der Waals surface area contributed by atoms with Gasteiger partial charge in [-0.15, -0.1) is 0 Å². The van der Waals surface area contributed by atoms with Gasteiger partial charge in [-0.05, 0) is 48.0 Å². The molecule has 4 nitrogen and oxygen atoms in total. The number of anilines is 1. The van der Waals surface area contributed by atoms with Crippen LogP contribution in [0.4, 0.5) is 10.3 Å². The molecule has 2 rings (SSSR count). The Morgan fingerprint density at radius 2 is 2.17 bits per heavy atom. The molecule has 0 fully saturated rings. The molecule has 1 aromatic heterocycles. The number of hydrogen-bond donors (Lipinski definition) is 1. The van der Waals surface area contributed by atoms with Gasteiger partial charge in [0.05, 0.1) is 11.3 Å². The highest BCUT2D eigenvalue weighted by Crippen LogP contribution is 2.22. The standard InChI is InChI=1S/C12H10BrFN2O2/c1-6-7(2)16-18-12(6)15-11(17)9-4-3-8(14)5-10(9)13/h3-5H,1-2H3,(H,15,17). The van der Waals surface area contributed by atoms with Crippen molar-refractivity contribution in [1.29, 1.82) is 0 Å². The Bertz CT molecular complexity index is 610. The highest BCUT2D eigenvalue weighted by molar-refractivity contribution is 9.10. The minimum atomic E-state index is -0.412. The van der Waals surface area contributed by atoms with Crippen LogP contribution in [-0.4, -0.2) is 11.1 Å². The maximum absolute atomic E-state index is 12.9. The number of rotatable bonds is 2. The minimum Gasteiger partial charge on any atom is -0.338 e. The van der Waals surface area contributed by atoms with Crippen molar-refractivity contribution in [1.82, 2.24) is 5.16 Å². The molecule has 0 radical (unpaired) electrons. The van der Waals surface area contributed by atoms with E-state index < -0.39 is 5.82 Å². The Labute approximate surface area is 111 Å². The Hall–Kier alpha value is -1.69. The molecule has 0 aliphatic carbocycles. The number of carbonyl (C=O) groups is 1. The fourth-order valence-electron chi connectivity index (χ4n) is 1.38. The second-order valence-electron chi connectivity index (χ2n) is 3.80. The van der Waals surface area contributed by atoms with Crippen molar-refractivity contribution in [3.8, 4) is 0 Å². The van der Waals surface area contributed by atoms with Crippen molar-refractivity contribution in [3.63, 3.8) is 0 Å². The zero-order valence-electron chi connectivity index (χ0n) is 9.75. The lowest BCUT2D eigenvalue weighted by molar-refractivity contribution is 0.102. The third kappa shape index (κ3) is 2.43. The molecule has 1 amide bonds. The van der Waals surface area contributed by atoms with Gasteiger partial charge in [0.15, 0.2) is 0 Å². The summed E-state index contributed by atoms with van der Waals surface area (Å²) in [6.07, 6.45) is 0. The zero-order chi connectivity index (χ0) is 13.3. The van der Waals surface area contributed by atoms with Crippen molar-refractivity contribution in [3.05, 3.63) is 45.3 Å². The van der Waals surface area contributed by atoms with E-state index in [1.807, 2.05) is 0 Å². The van der Waals surface area contributed by atoms with Gasteiger partial charge in [-0.25, -0.2) is 4.39 Å². The lowest BCUT2D eigenvalue weighted by atomic mass is 10.2. The van der Waals surface area contributed by atoms with E-state index in [4.69, 9.17) is 4.52 Å². The van der Waals surface area contributed by atoms with Crippen LogP contribution in [0.1, 0.15) is 21.6 Å². The molecule has 0 aliphatic rings. The largest absolute Gasteiger partial charge is 0.338 e. The van der Waals surface area contributed by atoms with E-state index in [1.165, 1.54) is 18.2 Å². The number of aromatic nitrogens is 1. The van der Waals surface area contributed by atoms with Crippen LogP contribution in [0.25, 0.3) is 0 Å². The molecule has 6 heteroatoms. The van der Waals surface area contributed by atoms with Crippen LogP contribution in [0, 0.1) is 19.7 Å². The summed E-state index contributed by atoms with van der Waals surface area (Å²) in [6, 6.07) is 3.85. The topological polar surface area (TPSA) is 55.1 Å². The number of halogens is 2. The van der Waals surface area contributed by atoms with Gasteiger partial charge in [0, 0.05) is 10.0 Å². The smallest absolute Gasteiger partial charge is 0.259 e. The lowest BCUT2D eigenvalue weighted by Gasteiger charge is -2.04. The summed E-state index contributed by atoms with van der Waals surface area (Å²) in [5.74, 6) is -0.500. The molecule has 0 bridgehead atoms. The number of nitrogens with zero attached hydrogens (tertiary/aromatic N) is 1. The first-order chi connectivity index (χ1) is 8.49. The van der Waals surface area contributed by atoms with Crippen molar-refractivity contribution in [2.45, 2.75) is 13.8 Å². The average molecular weight is 313 g/mol. The fraction of sp³-hybridized carbons (Fsp3) is 0.167. The highest BCUT2D eigenvalue weighted by Gasteiger charge is 2.15. The summed E-state index contributed by atoms with van der Waals surface area (Å²) in [6.45, 7) is 3.57. The maximum atomic E-state index is 12.9. The molecule has 94 valence electrons. The van der Waals surface area contributed by atoms with E-state index >= 15 is 0 Å². The molecule has 0 atom stereocenters. The van der Waals surface area contributed by atoms with Gasteiger partial charge in [-0.2, -0.15) is 0 Å². The average Bonchev–Trinajstić information content (AvgIpc) is 2.61. The van der Waals surface area contributed by atoms with Gasteiger partial charge in [0.25, 0.3) is 5.91 Å². The molecule has 0 saturated carbocycles. The molecule has 18 heavy (non-hydrogen) atoms. The second-order valence-corrected chi connectivity index (χ2v) is 4.65. The number of aryl methyl sites for hydroxylation is 1. The van der Waals surface area contributed by atoms with Gasteiger partial charge in [0.1, 0.15) is 5.82 Å². The molecule has 1 heterocycles. The van der Waals surface area contributed by atoms with Crippen LogP contribution in [0.5, 0.6) is 0 Å². The van der Waals surface area contributed by atoms with Crippen LogP contribution in [0.2, 0.25) is 0 Å². The summed E-state index contributed by atoms with van der Waals surface area (Å²) in [4.78, 5) is 12.0. The van der Waals surface area contributed by atoms with Crippen molar-refractivity contribution >= 4 is 27.7 Å². The Morgan fingerprint density at radius 1 is 1.44 bits per heavy atom. The summed E-state index contributed by atoms with van der Waals surface area (Å²) < 4.78 is 18.3. The van der Waals surface area contributed by atoms with Crippen molar-refractivity contribution < 1.29 is 13.7 Å². The summed E-state index contributed by atoms with van der Waals surface area (Å²) in [7, 11) is 0. The maximum Gasteiger partial charge on any atom is 0.259 e. The Kier molecular flexibility index (Phi) is 3.47. The van der Waals surface area contributed by atoms with E-state index in [0.29, 0.717) is 21.6 Å². The molecular formula is C12H10BrFN2O2. The van der Waals surface area contributed by atoms with Crippen LogP contribution < -0.4 is 5.32 Å². The molecule has 0 unspecified atom stereocenters. The van der Waals surface area contributed by atoms with Crippen LogP contribution in [-0.2, 0) is 0 Å². The molecule has 0 saturated heterocycles. The number of benzene rings is 1. The SMILES string of the molecule is Cc1noc(NC(=O)c2ccc(F)cc2Br)c1C. The number of nitrogens with one attached hydrogen (secondary N) is 1. The third-order valence-electron chi connectivity index (χ3n) is 2.56. The first kappa shape index (κ1) is 12.8. The monoisotopic (exact) mass is 312 g/mol. The summed E-state index contributed by atoms with van der Waals surface area (Å²) in [5, 5.41) is 6.33. The quantitative estimate of drug-likeness (QED) is 0.924. The number of carbonyl (C=O) groups excluding carboxylic acids is 1. The van der Waals surface area contributed by atoms with Crippen molar-refractivity contribution in [2.75, 3.05) is 5.32 Å². The van der Waals surface area contributed by atoms with E-state index in [-0.39, 0.29) is 5.91 Å². The lowest BCUT2D eigenvalue weighted by Crippen LogP contribution is -2.12. The Morgan fingerprint density at radius 3 is 2.72 bits per heavy atom. The molecule has 1 N–H and O–H groups in total. The van der Waals surface area contributed by atoms with Gasteiger partial charge >= 0.3 is 0 Å². The molecule has 1 aromatic carbocycles. The molecule has 0 spiro atoms. The normalized spacial score (nSPS) is 10.4. The molecular weight excluding hydrogens is 303 g/mol. The first-order valence-corrected chi connectivity index (χ1v) is 5.97. The van der Waals surface area contributed by atoms with Gasteiger partial charge < -0.3 is 4.52 Å². The summed E-state index contributed by atoms with van der Waals surface area (Å²) >= 11 is 3.14. The summed E-state index contributed by atoms with van der Waals surface area (Å²) in [5.41, 5.74) is 1.80. The number of amides is 1. The number of hydrogen-bond acceptors (Lipinski definition) is 3. The first-order valence-electron chi connectivity index (χ1n) is 5.18. The van der Waals surface area contributed by atoms with Gasteiger partial charge in [0.2, 0.25) is 5.88 Å².